The number of nitrogens with one attached hydrogen (secondary N) is 3. The predicted molar refractivity (Wildman–Crippen MR) is 120 cm³/mol. The van der Waals surface area contributed by atoms with Gasteiger partial charge in [-0.25, -0.2) is 4.98 Å². The zero-order valence-corrected chi connectivity index (χ0v) is 17.6. The van der Waals surface area contributed by atoms with E-state index < -0.39 is 0 Å². The first kappa shape index (κ1) is 20.0. The highest BCUT2D eigenvalue weighted by Gasteiger charge is 2.09. The van der Waals surface area contributed by atoms with E-state index in [1.54, 1.807) is 0 Å². The van der Waals surface area contributed by atoms with Crippen molar-refractivity contribution in [3.63, 3.8) is 0 Å². The van der Waals surface area contributed by atoms with Gasteiger partial charge in [0.2, 0.25) is 5.95 Å². The molecule has 0 saturated heterocycles. The van der Waals surface area contributed by atoms with Crippen molar-refractivity contribution in [3.8, 4) is 0 Å². The van der Waals surface area contributed by atoms with Gasteiger partial charge in [-0.2, -0.15) is 9.50 Å². The molecule has 3 N–H and O–H groups in total. The van der Waals surface area contributed by atoms with Gasteiger partial charge < -0.3 is 10.6 Å². The Morgan fingerprint density at radius 3 is 2.57 bits per heavy atom. The van der Waals surface area contributed by atoms with Crippen molar-refractivity contribution in [2.45, 2.75) is 33.4 Å². The zero-order valence-electron chi connectivity index (χ0n) is 16.9. The van der Waals surface area contributed by atoms with Crippen LogP contribution in [-0.4, -0.2) is 19.6 Å². The van der Waals surface area contributed by atoms with Crippen molar-refractivity contribution >= 4 is 29.0 Å². The van der Waals surface area contributed by atoms with Crippen LogP contribution in [0, 0.1) is 6.92 Å². The molecule has 4 rings (SSSR count). The number of aromatic nitrogens is 4. The summed E-state index contributed by atoms with van der Waals surface area (Å²) in [7, 11) is 0. The highest BCUT2D eigenvalue weighted by atomic mass is 35.5. The third-order valence-electron chi connectivity index (χ3n) is 5.00. The van der Waals surface area contributed by atoms with Crippen LogP contribution in [0.2, 0.25) is 5.02 Å². The number of rotatable bonds is 7. The maximum Gasteiger partial charge on any atom is 0.274 e. The first-order chi connectivity index (χ1) is 14.5. The number of nitrogens with zero attached hydrogens (tertiary/aromatic N) is 3. The van der Waals surface area contributed by atoms with Crippen molar-refractivity contribution in [1.82, 2.24) is 19.6 Å². The highest BCUT2D eigenvalue weighted by molar-refractivity contribution is 6.31. The van der Waals surface area contributed by atoms with Gasteiger partial charge in [-0.3, -0.25) is 9.89 Å². The van der Waals surface area contributed by atoms with E-state index in [0.29, 0.717) is 35.5 Å². The lowest BCUT2D eigenvalue weighted by atomic mass is 10.1. The molecule has 0 bridgehead atoms. The lowest BCUT2D eigenvalue weighted by Gasteiger charge is -2.10. The smallest absolute Gasteiger partial charge is 0.274 e. The Morgan fingerprint density at radius 2 is 1.80 bits per heavy atom. The summed E-state index contributed by atoms with van der Waals surface area (Å²) >= 11 is 6.16. The summed E-state index contributed by atoms with van der Waals surface area (Å²) in [4.78, 5) is 21.4. The Kier molecular flexibility index (Phi) is 5.72. The minimum atomic E-state index is -0.215. The quantitative estimate of drug-likeness (QED) is 0.416. The number of aryl methyl sites for hydroxylation is 1. The maximum absolute atomic E-state index is 12.5. The molecule has 2 heterocycles. The normalized spacial score (nSPS) is 11.0. The van der Waals surface area contributed by atoms with Gasteiger partial charge in [0, 0.05) is 23.3 Å². The monoisotopic (exact) mass is 422 g/mol. The first-order valence-corrected chi connectivity index (χ1v) is 10.2. The van der Waals surface area contributed by atoms with Crippen LogP contribution in [-0.2, 0) is 19.5 Å². The SMILES string of the molecule is CCc1ccc(CNc2nc3nc(CNc4cccc(Cl)c4C)cc(=O)n3[nH]2)cc1. The third-order valence-corrected chi connectivity index (χ3v) is 5.41. The van der Waals surface area contributed by atoms with Crippen LogP contribution in [0.25, 0.3) is 5.78 Å². The number of anilines is 2. The molecule has 0 saturated carbocycles. The third kappa shape index (κ3) is 4.31. The van der Waals surface area contributed by atoms with Crippen LogP contribution >= 0.6 is 11.6 Å². The van der Waals surface area contributed by atoms with Crippen molar-refractivity contribution < 1.29 is 0 Å². The second-order valence-electron chi connectivity index (χ2n) is 7.08. The van der Waals surface area contributed by atoms with E-state index in [2.05, 4.69) is 56.9 Å². The fourth-order valence-corrected chi connectivity index (χ4v) is 3.33. The summed E-state index contributed by atoms with van der Waals surface area (Å²) in [6.07, 6.45) is 1.01. The molecule has 0 radical (unpaired) electrons. The van der Waals surface area contributed by atoms with Gasteiger partial charge in [0.1, 0.15) is 0 Å². The van der Waals surface area contributed by atoms with Crippen LogP contribution < -0.4 is 16.2 Å². The minimum Gasteiger partial charge on any atom is -0.379 e. The van der Waals surface area contributed by atoms with Gasteiger partial charge in [-0.1, -0.05) is 48.9 Å². The summed E-state index contributed by atoms with van der Waals surface area (Å²) in [5, 5.41) is 10.1. The molecule has 0 aliphatic carbocycles. The second-order valence-corrected chi connectivity index (χ2v) is 7.49. The zero-order chi connectivity index (χ0) is 21.1. The van der Waals surface area contributed by atoms with Gasteiger partial charge in [-0.05, 0) is 42.2 Å². The average molecular weight is 423 g/mol. The summed E-state index contributed by atoms with van der Waals surface area (Å²) < 4.78 is 1.33. The van der Waals surface area contributed by atoms with Crippen molar-refractivity contribution in [2.24, 2.45) is 0 Å². The maximum atomic E-state index is 12.5. The molecular weight excluding hydrogens is 400 g/mol. The molecule has 154 valence electrons. The van der Waals surface area contributed by atoms with Crippen LogP contribution in [0.3, 0.4) is 0 Å². The minimum absolute atomic E-state index is 0.215. The van der Waals surface area contributed by atoms with E-state index in [4.69, 9.17) is 11.6 Å². The molecule has 0 spiro atoms. The summed E-state index contributed by atoms with van der Waals surface area (Å²) in [5.74, 6) is 0.820. The summed E-state index contributed by atoms with van der Waals surface area (Å²) in [6, 6.07) is 15.5. The number of hydrogen-bond acceptors (Lipinski definition) is 5. The molecule has 0 aliphatic rings. The summed E-state index contributed by atoms with van der Waals surface area (Å²) in [6.45, 7) is 5.07. The largest absolute Gasteiger partial charge is 0.379 e. The molecule has 7 nitrogen and oxygen atoms in total. The number of fused-ring (bicyclic) bond motifs is 1. The molecule has 2 aromatic carbocycles. The molecule has 8 heteroatoms. The van der Waals surface area contributed by atoms with Crippen molar-refractivity contribution in [2.75, 3.05) is 10.6 Å². The van der Waals surface area contributed by atoms with E-state index >= 15 is 0 Å². The number of halogens is 1. The number of hydrogen-bond donors (Lipinski definition) is 3. The van der Waals surface area contributed by atoms with E-state index in [1.165, 1.54) is 16.1 Å². The lowest BCUT2D eigenvalue weighted by Crippen LogP contribution is -2.17. The van der Waals surface area contributed by atoms with Gasteiger partial charge in [-0.15, -0.1) is 0 Å². The molecule has 30 heavy (non-hydrogen) atoms. The fraction of sp³-hybridized carbons (Fsp3) is 0.227. The second kappa shape index (κ2) is 8.59. The first-order valence-electron chi connectivity index (χ1n) is 9.83. The topological polar surface area (TPSA) is 87.1 Å². The standard InChI is InChI=1S/C22H23ClN6O/c1-3-15-7-9-16(10-8-15)12-25-21-27-22-26-17(11-20(30)29(22)28-21)13-24-19-6-4-5-18(23)14(19)2/h4-11,24H,3,12-13H2,1-2H3,(H2,25,26,27,28). The average Bonchev–Trinajstić information content (AvgIpc) is 3.17. The van der Waals surface area contributed by atoms with Crippen LogP contribution in [0.5, 0.6) is 0 Å². The van der Waals surface area contributed by atoms with Gasteiger partial charge in [0.15, 0.2) is 0 Å². The lowest BCUT2D eigenvalue weighted by molar-refractivity contribution is 0.874. The molecule has 0 fully saturated rings. The van der Waals surface area contributed by atoms with E-state index in [0.717, 1.165) is 23.2 Å². The van der Waals surface area contributed by atoms with E-state index in [9.17, 15) is 4.79 Å². The molecule has 0 atom stereocenters. The Bertz CT molecular complexity index is 1230. The number of benzene rings is 2. The van der Waals surface area contributed by atoms with Crippen LogP contribution in [0.1, 0.15) is 29.3 Å². The number of H-pyrrole nitrogens is 1. The Balaban J connectivity index is 1.48. The van der Waals surface area contributed by atoms with Crippen molar-refractivity contribution in [3.05, 3.63) is 86.3 Å². The number of aromatic amines is 1. The highest BCUT2D eigenvalue weighted by Crippen LogP contribution is 2.23. The molecule has 4 aromatic rings. The molecule has 0 unspecified atom stereocenters. The molecular formula is C22H23ClN6O. The summed E-state index contributed by atoms with van der Waals surface area (Å²) in [5.41, 5.74) is 4.68. The van der Waals surface area contributed by atoms with Crippen LogP contribution in [0.15, 0.2) is 53.3 Å². The molecule has 0 aliphatic heterocycles. The Hall–Kier alpha value is -3.32. The van der Waals surface area contributed by atoms with Crippen molar-refractivity contribution in [1.29, 1.82) is 0 Å². The molecule has 0 amide bonds. The van der Waals surface area contributed by atoms with Gasteiger partial charge in [0.05, 0.1) is 12.2 Å². The Labute approximate surface area is 179 Å². The van der Waals surface area contributed by atoms with Gasteiger partial charge >= 0.3 is 0 Å². The van der Waals surface area contributed by atoms with E-state index in [1.807, 2.05) is 25.1 Å². The predicted octanol–water partition coefficient (Wildman–Crippen LogP) is 4.17. The molecule has 2 aromatic heterocycles. The van der Waals surface area contributed by atoms with E-state index in [-0.39, 0.29) is 5.56 Å². The van der Waals surface area contributed by atoms with Gasteiger partial charge in [0.25, 0.3) is 11.3 Å². The Morgan fingerprint density at radius 1 is 1.03 bits per heavy atom. The van der Waals surface area contributed by atoms with Crippen LogP contribution in [0.4, 0.5) is 11.6 Å². The fourth-order valence-electron chi connectivity index (χ4n) is 3.16.